The molecule has 6 rings (SSSR count). The first-order valence-electron chi connectivity index (χ1n) is 11.5. The molecular formula is C25H26N5O3PS. The van der Waals surface area contributed by atoms with E-state index < -0.39 is 7.14 Å². The van der Waals surface area contributed by atoms with E-state index in [4.69, 9.17) is 19.4 Å². The van der Waals surface area contributed by atoms with Gasteiger partial charge in [0.25, 0.3) is 0 Å². The smallest absolute Gasteiger partial charge is 0.229 e. The fraction of sp³-hybridized carbons (Fsp3) is 0.280. The average molecular weight is 508 g/mol. The molecule has 10 heteroatoms. The predicted molar refractivity (Wildman–Crippen MR) is 143 cm³/mol. The molecule has 1 fully saturated rings. The van der Waals surface area contributed by atoms with Crippen LogP contribution in [-0.2, 0) is 9.30 Å². The summed E-state index contributed by atoms with van der Waals surface area (Å²) in [6, 6.07) is 16.0. The SMILES string of the molecule is CP(C)(=O)c1ccccc1Nc1nc(Nc2ccc3c(c2)OC[C@@H]2COCCN32)nc2ccsc12. The van der Waals surface area contributed by atoms with E-state index in [0.717, 1.165) is 51.5 Å². The summed E-state index contributed by atoms with van der Waals surface area (Å²) in [4.78, 5) is 11.9. The summed E-state index contributed by atoms with van der Waals surface area (Å²) >= 11 is 1.57. The minimum Gasteiger partial charge on any atom is -0.489 e. The topological polar surface area (TPSA) is 88.6 Å². The molecule has 2 aromatic carbocycles. The van der Waals surface area contributed by atoms with Crippen LogP contribution >= 0.6 is 18.5 Å². The van der Waals surface area contributed by atoms with E-state index in [1.807, 2.05) is 47.8 Å². The van der Waals surface area contributed by atoms with Crippen molar-refractivity contribution in [3.8, 4) is 5.75 Å². The van der Waals surface area contributed by atoms with Crippen LogP contribution in [0.15, 0.2) is 53.9 Å². The van der Waals surface area contributed by atoms with Crippen molar-refractivity contribution in [2.75, 3.05) is 55.2 Å². The quantitative estimate of drug-likeness (QED) is 0.364. The normalized spacial score (nSPS) is 17.4. The number of thiophene rings is 1. The molecule has 0 aliphatic carbocycles. The van der Waals surface area contributed by atoms with Crippen LogP contribution in [-0.4, -0.2) is 55.7 Å². The van der Waals surface area contributed by atoms with E-state index in [9.17, 15) is 4.57 Å². The lowest BCUT2D eigenvalue weighted by Crippen LogP contribution is -2.51. The van der Waals surface area contributed by atoms with E-state index in [1.165, 1.54) is 0 Å². The molecule has 4 aromatic rings. The Morgan fingerprint density at radius 3 is 2.86 bits per heavy atom. The van der Waals surface area contributed by atoms with Gasteiger partial charge in [0.1, 0.15) is 19.5 Å². The summed E-state index contributed by atoms with van der Waals surface area (Å²) in [5, 5.41) is 9.56. The van der Waals surface area contributed by atoms with Gasteiger partial charge in [0.2, 0.25) is 5.95 Å². The fourth-order valence-electron chi connectivity index (χ4n) is 4.55. The Morgan fingerprint density at radius 2 is 1.97 bits per heavy atom. The Hall–Kier alpha value is -3.13. The van der Waals surface area contributed by atoms with Gasteiger partial charge < -0.3 is 29.6 Å². The summed E-state index contributed by atoms with van der Waals surface area (Å²) in [5.74, 6) is 2.00. The first-order valence-corrected chi connectivity index (χ1v) is 15.0. The highest BCUT2D eigenvalue weighted by Gasteiger charge is 2.30. The highest BCUT2D eigenvalue weighted by molar-refractivity contribution is 7.70. The molecule has 1 saturated heterocycles. The van der Waals surface area contributed by atoms with Crippen LogP contribution in [0.2, 0.25) is 0 Å². The number of hydrogen-bond donors (Lipinski definition) is 2. The molecule has 2 aliphatic rings. The number of benzene rings is 2. The van der Waals surface area contributed by atoms with E-state index in [2.05, 4.69) is 21.6 Å². The Morgan fingerprint density at radius 1 is 1.09 bits per heavy atom. The highest BCUT2D eigenvalue weighted by atomic mass is 32.1. The number of hydrogen-bond acceptors (Lipinski definition) is 9. The lowest BCUT2D eigenvalue weighted by atomic mass is 10.1. The minimum atomic E-state index is -2.47. The molecule has 4 heterocycles. The largest absolute Gasteiger partial charge is 0.489 e. The zero-order valence-electron chi connectivity index (χ0n) is 19.5. The zero-order chi connectivity index (χ0) is 24.0. The monoisotopic (exact) mass is 507 g/mol. The predicted octanol–water partition coefficient (Wildman–Crippen LogP) is 5.02. The summed E-state index contributed by atoms with van der Waals surface area (Å²) in [6.45, 7) is 6.45. The van der Waals surface area contributed by atoms with E-state index in [1.54, 1.807) is 24.7 Å². The zero-order valence-corrected chi connectivity index (χ0v) is 21.2. The second-order valence-corrected chi connectivity index (χ2v) is 13.2. The number of aromatic nitrogens is 2. The van der Waals surface area contributed by atoms with Crippen molar-refractivity contribution in [3.63, 3.8) is 0 Å². The third kappa shape index (κ3) is 4.35. The van der Waals surface area contributed by atoms with Gasteiger partial charge in [-0.25, -0.2) is 4.98 Å². The van der Waals surface area contributed by atoms with Gasteiger partial charge in [0, 0.05) is 23.6 Å². The molecule has 8 nitrogen and oxygen atoms in total. The van der Waals surface area contributed by atoms with E-state index in [-0.39, 0.29) is 6.04 Å². The van der Waals surface area contributed by atoms with Crippen molar-refractivity contribution >= 4 is 62.8 Å². The highest BCUT2D eigenvalue weighted by Crippen LogP contribution is 2.40. The van der Waals surface area contributed by atoms with Gasteiger partial charge in [-0.15, -0.1) is 11.3 Å². The molecule has 180 valence electrons. The summed E-state index contributed by atoms with van der Waals surface area (Å²) in [7, 11) is -2.47. The molecule has 0 spiro atoms. The van der Waals surface area contributed by atoms with Crippen molar-refractivity contribution in [1.82, 2.24) is 9.97 Å². The molecule has 0 radical (unpaired) electrons. The lowest BCUT2D eigenvalue weighted by molar-refractivity contribution is 0.0705. The maximum Gasteiger partial charge on any atom is 0.229 e. The van der Waals surface area contributed by atoms with Gasteiger partial charge in [0.05, 0.1) is 40.8 Å². The number of rotatable bonds is 5. The van der Waals surface area contributed by atoms with Crippen molar-refractivity contribution in [2.45, 2.75) is 6.04 Å². The van der Waals surface area contributed by atoms with Crippen LogP contribution in [0.3, 0.4) is 0 Å². The van der Waals surface area contributed by atoms with Crippen LogP contribution in [0, 0.1) is 0 Å². The molecule has 2 aliphatic heterocycles. The Labute approximate surface area is 207 Å². The number of morpholine rings is 1. The number of nitrogens with zero attached hydrogens (tertiary/aromatic N) is 3. The van der Waals surface area contributed by atoms with Gasteiger partial charge in [0.15, 0.2) is 5.82 Å². The van der Waals surface area contributed by atoms with Gasteiger partial charge in [-0.3, -0.25) is 0 Å². The first-order chi connectivity index (χ1) is 17.0. The van der Waals surface area contributed by atoms with Crippen LogP contribution < -0.4 is 25.6 Å². The van der Waals surface area contributed by atoms with Crippen LogP contribution in [0.25, 0.3) is 10.2 Å². The Kier molecular flexibility index (Phi) is 5.63. The number of para-hydroxylation sites is 1. The fourth-order valence-corrected chi connectivity index (χ4v) is 6.48. The molecule has 2 N–H and O–H groups in total. The number of nitrogens with one attached hydrogen (secondary N) is 2. The molecule has 35 heavy (non-hydrogen) atoms. The molecule has 0 unspecified atom stereocenters. The summed E-state index contributed by atoms with van der Waals surface area (Å²) in [6.07, 6.45) is 0. The molecule has 0 bridgehead atoms. The number of anilines is 5. The second kappa shape index (κ2) is 8.82. The van der Waals surface area contributed by atoms with Crippen LogP contribution in [0.4, 0.5) is 28.8 Å². The lowest BCUT2D eigenvalue weighted by Gasteiger charge is -2.41. The molecule has 0 amide bonds. The number of fused-ring (bicyclic) bond motifs is 4. The first kappa shape index (κ1) is 22.3. The maximum atomic E-state index is 12.8. The molecule has 2 aromatic heterocycles. The van der Waals surface area contributed by atoms with Crippen LogP contribution in [0.1, 0.15) is 0 Å². The van der Waals surface area contributed by atoms with Crippen LogP contribution in [0.5, 0.6) is 5.75 Å². The van der Waals surface area contributed by atoms with Crippen molar-refractivity contribution in [2.24, 2.45) is 0 Å². The summed E-state index contributed by atoms with van der Waals surface area (Å²) in [5.41, 5.74) is 3.58. The standard InChI is InChI=1S/C25H26N5O3PS/c1-34(2,31)22-6-4-3-5-18(22)27-24-23-19(9-12-35-23)28-25(29-24)26-16-7-8-20-21(13-16)33-15-17-14-32-11-10-30(17)20/h3-9,12-13,17H,10-11,14-15H2,1-2H3,(H2,26,27,28,29)/t17-/m0/s1. The van der Waals surface area contributed by atoms with E-state index >= 15 is 0 Å². The van der Waals surface area contributed by atoms with Gasteiger partial charge >= 0.3 is 0 Å². The summed E-state index contributed by atoms with van der Waals surface area (Å²) < 4.78 is 25.4. The van der Waals surface area contributed by atoms with Gasteiger partial charge in [-0.05, 0) is 49.0 Å². The molecular weight excluding hydrogens is 481 g/mol. The van der Waals surface area contributed by atoms with Crippen molar-refractivity contribution < 1.29 is 14.0 Å². The average Bonchev–Trinajstić information content (AvgIpc) is 3.32. The number of ether oxygens (including phenoxy) is 2. The van der Waals surface area contributed by atoms with Crippen molar-refractivity contribution in [3.05, 3.63) is 53.9 Å². The van der Waals surface area contributed by atoms with Gasteiger partial charge in [-0.1, -0.05) is 12.1 Å². The minimum absolute atomic E-state index is 0.262. The molecule has 1 atom stereocenters. The van der Waals surface area contributed by atoms with E-state index in [0.29, 0.717) is 25.0 Å². The van der Waals surface area contributed by atoms with Crippen molar-refractivity contribution in [1.29, 1.82) is 0 Å². The molecule has 0 saturated carbocycles. The Balaban J connectivity index is 1.32. The van der Waals surface area contributed by atoms with Gasteiger partial charge in [-0.2, -0.15) is 4.98 Å². The third-order valence-electron chi connectivity index (χ3n) is 6.22. The second-order valence-electron chi connectivity index (χ2n) is 9.06. The Bertz CT molecular complexity index is 1450. The maximum absolute atomic E-state index is 12.8. The third-order valence-corrected chi connectivity index (χ3v) is 8.69.